The van der Waals surface area contributed by atoms with Crippen molar-refractivity contribution in [3.63, 3.8) is 0 Å². The molecule has 34 heavy (non-hydrogen) atoms. The quantitative estimate of drug-likeness (QED) is 0.347. The number of nitrogens with zero attached hydrogens (tertiary/aromatic N) is 3. The van der Waals surface area contributed by atoms with Gasteiger partial charge in [0.25, 0.3) is 11.8 Å². The molecular weight excluding hydrogens is 468 g/mol. The first-order valence-corrected chi connectivity index (χ1v) is 11.9. The number of hydrogen-bond donors (Lipinski definition) is 1. The van der Waals surface area contributed by atoms with Crippen LogP contribution in [0.1, 0.15) is 36.7 Å². The van der Waals surface area contributed by atoms with Gasteiger partial charge in [-0.05, 0) is 29.7 Å². The van der Waals surface area contributed by atoms with Crippen LogP contribution in [-0.4, -0.2) is 31.4 Å². The molecule has 2 aromatic carbocycles. The molecule has 0 unspecified atom stereocenters. The van der Waals surface area contributed by atoms with Gasteiger partial charge in [0.1, 0.15) is 10.2 Å². The first kappa shape index (κ1) is 22.8. The van der Waals surface area contributed by atoms with Crippen LogP contribution in [0.5, 0.6) is 0 Å². The first-order valence-electron chi connectivity index (χ1n) is 9.93. The van der Waals surface area contributed by atoms with E-state index < -0.39 is 16.1 Å². The van der Waals surface area contributed by atoms with E-state index in [9.17, 15) is 13.8 Å². The zero-order valence-corrected chi connectivity index (χ0v) is 19.2. The van der Waals surface area contributed by atoms with E-state index >= 15 is 0 Å². The SMILES string of the molecule is O=C(N=S(=O)=Cc1ccccc1)c1cncc(C#Cc2cnc(NC(=O)c3ccccc3)s2)c1. The van der Waals surface area contributed by atoms with E-state index in [0.29, 0.717) is 26.7 Å². The lowest BCUT2D eigenvalue weighted by Crippen LogP contribution is -2.11. The van der Waals surface area contributed by atoms with Gasteiger partial charge in [-0.3, -0.25) is 19.9 Å². The minimum atomic E-state index is -1.81. The molecule has 7 nitrogen and oxygen atoms in total. The van der Waals surface area contributed by atoms with E-state index in [0.717, 1.165) is 0 Å². The fourth-order valence-electron chi connectivity index (χ4n) is 2.72. The Morgan fingerprint density at radius 2 is 1.68 bits per heavy atom. The Morgan fingerprint density at radius 1 is 0.941 bits per heavy atom. The second kappa shape index (κ2) is 11.0. The number of carbonyl (C=O) groups is 2. The lowest BCUT2D eigenvalue weighted by atomic mass is 10.2. The summed E-state index contributed by atoms with van der Waals surface area (Å²) < 4.78 is 15.8. The molecule has 0 saturated carbocycles. The van der Waals surface area contributed by atoms with Crippen LogP contribution < -0.4 is 5.32 Å². The Kier molecular flexibility index (Phi) is 7.35. The van der Waals surface area contributed by atoms with Crippen LogP contribution in [0.15, 0.2) is 89.7 Å². The summed E-state index contributed by atoms with van der Waals surface area (Å²) in [7, 11) is -1.81. The number of amides is 2. The summed E-state index contributed by atoms with van der Waals surface area (Å²) in [5.41, 5.74) is 1.91. The van der Waals surface area contributed by atoms with Gasteiger partial charge in [0, 0.05) is 28.9 Å². The number of carbonyl (C=O) groups excluding carboxylic acids is 2. The number of aromatic nitrogens is 2. The van der Waals surface area contributed by atoms with Gasteiger partial charge >= 0.3 is 0 Å². The van der Waals surface area contributed by atoms with Gasteiger partial charge in [-0.15, -0.1) is 4.36 Å². The smallest absolute Gasteiger partial charge is 0.290 e. The maximum atomic E-state index is 12.4. The Labute approximate surface area is 201 Å². The van der Waals surface area contributed by atoms with Crippen LogP contribution in [0.2, 0.25) is 0 Å². The maximum Gasteiger partial charge on any atom is 0.290 e. The second-order valence-corrected chi connectivity index (χ2v) is 8.76. The summed E-state index contributed by atoms with van der Waals surface area (Å²) in [5.74, 6) is 4.95. The van der Waals surface area contributed by atoms with Crippen LogP contribution in [0.25, 0.3) is 0 Å². The molecule has 0 bridgehead atoms. The lowest BCUT2D eigenvalue weighted by Gasteiger charge is -2.00. The van der Waals surface area contributed by atoms with Gasteiger partial charge in [-0.1, -0.05) is 65.8 Å². The highest BCUT2D eigenvalue weighted by atomic mass is 32.2. The predicted molar refractivity (Wildman–Crippen MR) is 133 cm³/mol. The number of rotatable bonds is 4. The number of pyridine rings is 1. The summed E-state index contributed by atoms with van der Waals surface area (Å²) in [6.07, 6.45) is 4.41. The van der Waals surface area contributed by atoms with Crippen molar-refractivity contribution in [2.45, 2.75) is 0 Å². The van der Waals surface area contributed by atoms with E-state index in [1.54, 1.807) is 54.7 Å². The molecule has 2 aromatic heterocycles. The molecular formula is C25H16N4O3S2. The first-order chi connectivity index (χ1) is 16.6. The molecule has 0 fully saturated rings. The zero-order chi connectivity index (χ0) is 23.8. The monoisotopic (exact) mass is 484 g/mol. The normalized spacial score (nSPS) is 9.88. The minimum absolute atomic E-state index is 0.182. The van der Waals surface area contributed by atoms with Crippen LogP contribution >= 0.6 is 11.3 Å². The third kappa shape index (κ3) is 6.32. The summed E-state index contributed by atoms with van der Waals surface area (Å²) in [6.45, 7) is 0. The summed E-state index contributed by atoms with van der Waals surface area (Å²) in [4.78, 5) is 33.4. The van der Waals surface area contributed by atoms with Crippen LogP contribution in [-0.2, 0) is 10.2 Å². The number of benzene rings is 2. The van der Waals surface area contributed by atoms with Crippen LogP contribution in [0.4, 0.5) is 5.13 Å². The van der Waals surface area contributed by atoms with Crippen molar-refractivity contribution < 1.29 is 13.8 Å². The van der Waals surface area contributed by atoms with Gasteiger partial charge in [-0.25, -0.2) is 9.19 Å². The number of nitrogens with one attached hydrogen (secondary N) is 1. The highest BCUT2D eigenvalue weighted by Crippen LogP contribution is 2.18. The molecule has 0 aliphatic rings. The highest BCUT2D eigenvalue weighted by molar-refractivity contribution is 7.74. The molecule has 166 valence electrons. The fourth-order valence-corrected chi connectivity index (χ4v) is 4.09. The Hall–Kier alpha value is -4.39. The predicted octanol–water partition coefficient (Wildman–Crippen LogP) is 4.11. The molecule has 4 rings (SSSR count). The van der Waals surface area contributed by atoms with E-state index in [4.69, 9.17) is 0 Å². The topological polar surface area (TPSA) is 101 Å². The van der Waals surface area contributed by atoms with Gasteiger partial charge in [-0.2, -0.15) is 0 Å². The van der Waals surface area contributed by atoms with Crippen molar-refractivity contribution in [2.75, 3.05) is 5.32 Å². The van der Waals surface area contributed by atoms with Crippen molar-refractivity contribution in [2.24, 2.45) is 4.36 Å². The molecule has 2 heterocycles. The standard InChI is InChI=1S/C25H16N4O3S2/c30-23(20-9-5-2-6-10-20)28-25-27-16-22(33-25)12-11-19-13-21(15-26-14-19)24(31)29-34(32)17-18-7-3-1-4-8-18/h1-10,13-17H,(H,27,28,30). The molecule has 0 spiro atoms. The summed E-state index contributed by atoms with van der Waals surface area (Å²) >= 11 is 1.23. The molecule has 0 aliphatic heterocycles. The largest absolute Gasteiger partial charge is 0.298 e. The van der Waals surface area contributed by atoms with Gasteiger partial charge in [0.15, 0.2) is 5.13 Å². The second-order valence-electron chi connectivity index (χ2n) is 6.76. The fraction of sp³-hybridized carbons (Fsp3) is 0. The van der Waals surface area contributed by atoms with E-state index in [-0.39, 0.29) is 11.5 Å². The maximum absolute atomic E-state index is 12.4. The molecule has 2 amide bonds. The lowest BCUT2D eigenvalue weighted by molar-refractivity contribution is 0.100. The van der Waals surface area contributed by atoms with Crippen molar-refractivity contribution in [3.8, 4) is 11.8 Å². The average molecular weight is 485 g/mol. The summed E-state index contributed by atoms with van der Waals surface area (Å²) in [5, 5.41) is 4.56. The Bertz CT molecular complexity index is 1550. The molecule has 1 N–H and O–H groups in total. The average Bonchev–Trinajstić information content (AvgIpc) is 3.31. The molecule has 0 aliphatic carbocycles. The van der Waals surface area contributed by atoms with E-state index in [1.165, 1.54) is 35.2 Å². The molecule has 0 saturated heterocycles. The minimum Gasteiger partial charge on any atom is -0.298 e. The molecule has 4 aromatic rings. The van der Waals surface area contributed by atoms with Crippen molar-refractivity contribution in [1.29, 1.82) is 0 Å². The third-order valence-corrected chi connectivity index (χ3v) is 5.93. The van der Waals surface area contributed by atoms with Gasteiger partial charge in [0.05, 0.1) is 16.6 Å². The van der Waals surface area contributed by atoms with Crippen molar-refractivity contribution in [1.82, 2.24) is 9.97 Å². The van der Waals surface area contributed by atoms with Crippen LogP contribution in [0, 0.1) is 11.8 Å². The highest BCUT2D eigenvalue weighted by Gasteiger charge is 2.08. The van der Waals surface area contributed by atoms with Crippen molar-refractivity contribution >= 4 is 43.8 Å². The Balaban J connectivity index is 1.46. The number of thiazole rings is 1. The molecule has 9 heteroatoms. The molecule has 0 atom stereocenters. The number of anilines is 1. The zero-order valence-electron chi connectivity index (χ0n) is 17.5. The number of hydrogen-bond acceptors (Lipinski definition) is 6. The van der Waals surface area contributed by atoms with E-state index in [2.05, 4.69) is 31.5 Å². The van der Waals surface area contributed by atoms with Gasteiger partial charge < -0.3 is 0 Å². The third-order valence-electron chi connectivity index (χ3n) is 4.29. The Morgan fingerprint density at radius 3 is 2.44 bits per heavy atom. The van der Waals surface area contributed by atoms with Crippen LogP contribution in [0.3, 0.4) is 0 Å². The summed E-state index contributed by atoms with van der Waals surface area (Å²) in [6, 6.07) is 19.4. The molecule has 0 radical (unpaired) electrons. The van der Waals surface area contributed by atoms with Gasteiger partial charge in [0.2, 0.25) is 0 Å². The van der Waals surface area contributed by atoms with E-state index in [1.807, 2.05) is 12.1 Å². The van der Waals surface area contributed by atoms with Crippen molar-refractivity contribution in [3.05, 3.63) is 112 Å².